The number of hydrogen-bond acceptors (Lipinski definition) is 6. The smallest absolute Gasteiger partial charge is 0.306 e. The molecule has 6 nitrogen and oxygen atoms in total. The van der Waals surface area contributed by atoms with Gasteiger partial charge in [-0.3, -0.25) is 14.4 Å². The van der Waals surface area contributed by atoms with Crippen molar-refractivity contribution in [2.45, 2.75) is 97.1 Å². The predicted octanol–water partition coefficient (Wildman–Crippen LogP) is 4.71. The quantitative estimate of drug-likeness (QED) is 0.329. The molecule has 1 heterocycles. The van der Waals surface area contributed by atoms with Crippen LogP contribution in [0.5, 0.6) is 0 Å². The fourth-order valence-corrected chi connectivity index (χ4v) is 8.09. The minimum Gasteiger partial charge on any atom is -0.458 e. The number of methoxy groups -OCH3 is 1. The van der Waals surface area contributed by atoms with Crippen molar-refractivity contribution in [3.05, 3.63) is 23.3 Å². The monoisotopic (exact) mass is 470 g/mol. The van der Waals surface area contributed by atoms with Gasteiger partial charge in [0.1, 0.15) is 5.60 Å². The van der Waals surface area contributed by atoms with Gasteiger partial charge < -0.3 is 14.2 Å². The molecule has 1 aliphatic heterocycles. The summed E-state index contributed by atoms with van der Waals surface area (Å²) in [5.74, 6) is -0.0363. The second-order valence-corrected chi connectivity index (χ2v) is 11.9. The zero-order valence-corrected chi connectivity index (χ0v) is 21.1. The third-order valence-corrected chi connectivity index (χ3v) is 9.93. The van der Waals surface area contributed by atoms with E-state index in [2.05, 4.69) is 19.9 Å². The molecule has 34 heavy (non-hydrogen) atoms. The predicted molar refractivity (Wildman–Crippen MR) is 126 cm³/mol. The van der Waals surface area contributed by atoms with Crippen LogP contribution in [0.2, 0.25) is 0 Å². The summed E-state index contributed by atoms with van der Waals surface area (Å²) in [5.41, 5.74) is 1.56. The van der Waals surface area contributed by atoms with Crippen LogP contribution in [0.1, 0.15) is 79.1 Å². The lowest BCUT2D eigenvalue weighted by Gasteiger charge is -2.57. The molecule has 1 saturated heterocycles. The summed E-state index contributed by atoms with van der Waals surface area (Å²) in [4.78, 5) is 38.6. The van der Waals surface area contributed by atoms with E-state index < -0.39 is 11.9 Å². The van der Waals surface area contributed by atoms with E-state index in [-0.39, 0.29) is 52.2 Å². The third-order valence-electron chi connectivity index (χ3n) is 9.93. The summed E-state index contributed by atoms with van der Waals surface area (Å²) in [6.45, 7) is 8.33. The lowest BCUT2D eigenvalue weighted by Crippen LogP contribution is -2.54. The standard InChI is InChI=1S/C28H38O6/c1-16(2)33-25(32-5)24(31)19-15-17-14-18(29)6-10-26(17,3)20-7-11-27(4)21(23(19)20)8-12-28(27)13-9-22(30)34-28/h7,14,16,19,21,23,25H,6,8-13,15H2,1-5H3/t19-,21+,23-,25?,26+,27+,28-/m1/s1. The summed E-state index contributed by atoms with van der Waals surface area (Å²) >= 11 is 0. The molecule has 2 saturated carbocycles. The molecule has 4 aliphatic carbocycles. The molecule has 3 fully saturated rings. The number of carbonyl (C=O) groups is 3. The molecule has 0 aromatic carbocycles. The van der Waals surface area contributed by atoms with Crippen molar-refractivity contribution in [3.63, 3.8) is 0 Å². The number of ether oxygens (including phenoxy) is 3. The highest BCUT2D eigenvalue weighted by Gasteiger charge is 2.67. The molecule has 0 amide bonds. The van der Waals surface area contributed by atoms with Crippen LogP contribution in [-0.4, -0.2) is 42.6 Å². The molecule has 6 heteroatoms. The Labute approximate surface area is 202 Å². The third kappa shape index (κ3) is 3.31. The maximum Gasteiger partial charge on any atom is 0.306 e. The summed E-state index contributed by atoms with van der Waals surface area (Å²) in [7, 11) is 1.52. The Balaban J connectivity index is 1.60. The lowest BCUT2D eigenvalue weighted by molar-refractivity contribution is -0.180. The van der Waals surface area contributed by atoms with Gasteiger partial charge in [-0.25, -0.2) is 0 Å². The van der Waals surface area contributed by atoms with Crippen LogP contribution in [0.25, 0.3) is 0 Å². The van der Waals surface area contributed by atoms with Crippen molar-refractivity contribution < 1.29 is 28.6 Å². The maximum atomic E-state index is 14.0. The number of allylic oxidation sites excluding steroid dienone is 4. The van der Waals surface area contributed by atoms with Crippen molar-refractivity contribution >= 4 is 17.5 Å². The highest BCUT2D eigenvalue weighted by atomic mass is 16.7. The topological polar surface area (TPSA) is 78.9 Å². The second-order valence-electron chi connectivity index (χ2n) is 11.9. The van der Waals surface area contributed by atoms with Gasteiger partial charge in [0.05, 0.1) is 6.10 Å². The zero-order valence-electron chi connectivity index (χ0n) is 21.1. The summed E-state index contributed by atoms with van der Waals surface area (Å²) in [6.07, 6.45) is 8.84. The van der Waals surface area contributed by atoms with Crippen molar-refractivity contribution in [1.82, 2.24) is 0 Å². The minimum atomic E-state index is -0.927. The maximum absolute atomic E-state index is 14.0. The van der Waals surface area contributed by atoms with Crippen molar-refractivity contribution in [2.24, 2.45) is 28.6 Å². The van der Waals surface area contributed by atoms with Crippen molar-refractivity contribution in [1.29, 1.82) is 0 Å². The van der Waals surface area contributed by atoms with Crippen molar-refractivity contribution in [3.8, 4) is 0 Å². The minimum absolute atomic E-state index is 0.0358. The molecule has 0 aromatic heterocycles. The Kier molecular flexibility index (Phi) is 5.72. The van der Waals surface area contributed by atoms with E-state index in [4.69, 9.17) is 14.2 Å². The van der Waals surface area contributed by atoms with Gasteiger partial charge in [0.2, 0.25) is 6.29 Å². The van der Waals surface area contributed by atoms with Gasteiger partial charge in [-0.2, -0.15) is 0 Å². The first-order valence-electron chi connectivity index (χ1n) is 12.9. The Bertz CT molecular complexity index is 977. The first-order chi connectivity index (χ1) is 16.0. The van der Waals surface area contributed by atoms with Crippen LogP contribution in [0.15, 0.2) is 23.3 Å². The van der Waals surface area contributed by atoms with Gasteiger partial charge in [0.25, 0.3) is 0 Å². The van der Waals surface area contributed by atoms with Crippen LogP contribution in [0, 0.1) is 28.6 Å². The Morgan fingerprint density at radius 3 is 2.56 bits per heavy atom. The Hall–Kier alpha value is -1.79. The highest BCUT2D eigenvalue weighted by Crippen LogP contribution is 2.69. The second kappa shape index (κ2) is 8.12. The van der Waals surface area contributed by atoms with Gasteiger partial charge in [-0.05, 0) is 70.3 Å². The number of carbonyl (C=O) groups excluding carboxylic acids is 3. The van der Waals surface area contributed by atoms with Crippen molar-refractivity contribution in [2.75, 3.05) is 7.11 Å². The van der Waals surface area contributed by atoms with E-state index in [0.717, 1.165) is 37.7 Å². The van der Waals surface area contributed by atoms with E-state index in [1.54, 1.807) is 6.08 Å². The van der Waals surface area contributed by atoms with Gasteiger partial charge in [0, 0.05) is 36.7 Å². The van der Waals surface area contributed by atoms with Crippen LogP contribution in [-0.2, 0) is 28.6 Å². The number of ketones is 2. The van der Waals surface area contributed by atoms with Crippen LogP contribution in [0.4, 0.5) is 0 Å². The molecular formula is C28H38O6. The molecule has 0 radical (unpaired) electrons. The molecule has 5 rings (SSSR count). The molecule has 5 aliphatic rings. The summed E-state index contributed by atoms with van der Waals surface area (Å²) < 4.78 is 17.5. The van der Waals surface area contributed by atoms with E-state index in [0.29, 0.717) is 19.3 Å². The molecule has 0 N–H and O–H groups in total. The van der Waals surface area contributed by atoms with Gasteiger partial charge >= 0.3 is 5.97 Å². The molecule has 7 atom stereocenters. The molecule has 0 aromatic rings. The van der Waals surface area contributed by atoms with Gasteiger partial charge in [0.15, 0.2) is 11.6 Å². The molecule has 1 unspecified atom stereocenters. The van der Waals surface area contributed by atoms with E-state index in [1.807, 2.05) is 13.8 Å². The zero-order chi connectivity index (χ0) is 24.5. The highest BCUT2D eigenvalue weighted by molar-refractivity contribution is 5.93. The molecule has 1 spiro atoms. The normalized spacial score (nSPS) is 42.0. The molecule has 186 valence electrons. The Morgan fingerprint density at radius 2 is 1.91 bits per heavy atom. The summed E-state index contributed by atoms with van der Waals surface area (Å²) in [5, 5.41) is 0. The van der Waals surface area contributed by atoms with Gasteiger partial charge in [-0.1, -0.05) is 31.1 Å². The number of hydrogen-bond donors (Lipinski definition) is 0. The van der Waals surface area contributed by atoms with Gasteiger partial charge in [-0.15, -0.1) is 0 Å². The molecular weight excluding hydrogens is 432 g/mol. The van der Waals surface area contributed by atoms with E-state index in [1.165, 1.54) is 12.7 Å². The lowest BCUT2D eigenvalue weighted by atomic mass is 9.47. The fourth-order valence-electron chi connectivity index (χ4n) is 8.09. The average Bonchev–Trinajstić information content (AvgIpc) is 3.31. The number of esters is 1. The number of fused-ring (bicyclic) bond motifs is 6. The van der Waals surface area contributed by atoms with E-state index in [9.17, 15) is 14.4 Å². The number of Topliss-reactive ketones (excluding diaryl/α,β-unsaturated/α-hetero) is 1. The van der Waals surface area contributed by atoms with E-state index >= 15 is 0 Å². The molecule has 0 bridgehead atoms. The number of rotatable bonds is 5. The first kappa shape index (κ1) is 23.9. The van der Waals surface area contributed by atoms with Crippen LogP contribution >= 0.6 is 0 Å². The van der Waals surface area contributed by atoms with Crippen LogP contribution < -0.4 is 0 Å². The fraction of sp³-hybridized carbons (Fsp3) is 0.750. The SMILES string of the molecule is COC(OC(C)C)C(=O)[C@@H]1CC2=CC(=O)CC[C@]2(C)C2=CC[C@@]3(C)[C@@H](CC[C@@]34CCC(=O)O4)[C@@H]21. The summed E-state index contributed by atoms with van der Waals surface area (Å²) in [6, 6.07) is 0. The average molecular weight is 471 g/mol. The largest absolute Gasteiger partial charge is 0.458 e. The Morgan fingerprint density at radius 1 is 1.15 bits per heavy atom. The van der Waals surface area contributed by atoms with Crippen LogP contribution in [0.3, 0.4) is 0 Å². The first-order valence-corrected chi connectivity index (χ1v) is 12.9.